The summed E-state index contributed by atoms with van der Waals surface area (Å²) in [4.78, 5) is 0. The molecule has 1 unspecified atom stereocenters. The third-order valence-corrected chi connectivity index (χ3v) is 1.49. The molecule has 0 heterocycles. The van der Waals surface area contributed by atoms with E-state index >= 15 is 0 Å². The standard InChI is InChI=1S/C9H11.Li/c1-2-6-9-7-4-3-5-8-9;/h2-5,7-8H,6H2,1H3;. The quantitative estimate of drug-likeness (QED) is 0.533. The second-order valence-corrected chi connectivity index (χ2v) is 3.08. The van der Waals surface area contributed by atoms with E-state index in [4.69, 9.17) is 0 Å². The van der Waals surface area contributed by atoms with Gasteiger partial charge in [0.05, 0.1) is 0 Å². The summed E-state index contributed by atoms with van der Waals surface area (Å²) in [5, 5.41) is 0. The van der Waals surface area contributed by atoms with E-state index in [0.29, 0.717) is 0 Å². The van der Waals surface area contributed by atoms with Crippen molar-refractivity contribution in [1.82, 2.24) is 0 Å². The third-order valence-electron chi connectivity index (χ3n) is 1.49. The van der Waals surface area contributed by atoms with Gasteiger partial charge in [-0.25, -0.2) is 0 Å². The van der Waals surface area contributed by atoms with Crippen LogP contribution in [0.25, 0.3) is 0 Å². The molecule has 1 atom stereocenters. The van der Waals surface area contributed by atoms with Crippen molar-refractivity contribution in [3.8, 4) is 0 Å². The molecule has 0 saturated heterocycles. The Morgan fingerprint density at radius 1 is 1.30 bits per heavy atom. The van der Waals surface area contributed by atoms with Gasteiger partial charge < -0.3 is 0 Å². The molecule has 0 nitrogen and oxygen atoms in total. The van der Waals surface area contributed by atoms with Crippen molar-refractivity contribution in [2.45, 2.75) is 17.9 Å². The van der Waals surface area contributed by atoms with Crippen LogP contribution in [-0.4, -0.2) is 17.7 Å². The molecule has 1 rings (SSSR count). The molecule has 1 heteroatoms. The van der Waals surface area contributed by atoms with E-state index in [1.54, 1.807) is 0 Å². The van der Waals surface area contributed by atoms with Gasteiger partial charge in [0.1, 0.15) is 0 Å². The molecule has 0 N–H and O–H groups in total. The second kappa shape index (κ2) is 3.86. The van der Waals surface area contributed by atoms with Crippen molar-refractivity contribution >= 4 is 17.7 Å². The SMILES string of the molecule is [Li][CH](C)Cc1ccccc1. The Bertz CT molecular complexity index is 179. The molecule has 48 valence electrons. The predicted octanol–water partition coefficient (Wildman–Crippen LogP) is 2.21. The molecule has 0 fully saturated rings. The van der Waals surface area contributed by atoms with Crippen LogP contribution in [0.15, 0.2) is 30.3 Å². The Morgan fingerprint density at radius 3 is 2.40 bits per heavy atom. The molecule has 10 heavy (non-hydrogen) atoms. The van der Waals surface area contributed by atoms with Gasteiger partial charge in [-0.3, -0.25) is 0 Å². The number of hydrogen-bond donors (Lipinski definition) is 0. The van der Waals surface area contributed by atoms with Gasteiger partial charge in [-0.15, -0.1) is 0 Å². The van der Waals surface area contributed by atoms with E-state index in [-0.39, 0.29) is 0 Å². The first-order chi connectivity index (χ1) is 4.79. The summed E-state index contributed by atoms with van der Waals surface area (Å²) in [5.74, 6) is 0. The van der Waals surface area contributed by atoms with Crippen LogP contribution in [0.3, 0.4) is 0 Å². The fourth-order valence-electron chi connectivity index (χ4n) is 1.09. The van der Waals surface area contributed by atoms with Gasteiger partial charge in [0.15, 0.2) is 0 Å². The Morgan fingerprint density at radius 2 is 1.90 bits per heavy atom. The molecule has 0 saturated carbocycles. The van der Waals surface area contributed by atoms with E-state index in [1.807, 2.05) is 0 Å². The summed E-state index contributed by atoms with van der Waals surface area (Å²) in [6, 6.07) is 10.6. The van der Waals surface area contributed by atoms with Crippen LogP contribution < -0.4 is 0 Å². The maximum atomic E-state index is 2.24. The zero-order valence-corrected chi connectivity index (χ0v) is 6.67. The predicted molar refractivity (Wildman–Crippen MR) is 45.3 cm³/mol. The van der Waals surface area contributed by atoms with Crippen LogP contribution in [-0.2, 0) is 6.42 Å². The van der Waals surface area contributed by atoms with E-state index in [1.165, 1.54) is 12.0 Å². The van der Waals surface area contributed by atoms with Gasteiger partial charge in [0.25, 0.3) is 0 Å². The van der Waals surface area contributed by atoms with Gasteiger partial charge in [0, 0.05) is 0 Å². The van der Waals surface area contributed by atoms with Crippen LogP contribution in [0.5, 0.6) is 0 Å². The summed E-state index contributed by atoms with van der Waals surface area (Å²) < 4.78 is 0.766. The van der Waals surface area contributed by atoms with Crippen LogP contribution >= 0.6 is 0 Å². The molecule has 0 amide bonds. The summed E-state index contributed by atoms with van der Waals surface area (Å²) in [5.41, 5.74) is 1.44. The molecule has 1 aromatic carbocycles. The zero-order chi connectivity index (χ0) is 7.40. The minimum absolute atomic E-state index is 0.766. The van der Waals surface area contributed by atoms with Crippen LogP contribution in [0.2, 0.25) is 4.59 Å². The molecular formula is C9H11Li. The molecule has 0 radical (unpaired) electrons. The fraction of sp³-hybridized carbons (Fsp3) is 0.333. The van der Waals surface area contributed by atoms with Gasteiger partial charge in [0.2, 0.25) is 0 Å². The van der Waals surface area contributed by atoms with Gasteiger partial charge >= 0.3 is 71.5 Å². The van der Waals surface area contributed by atoms with Gasteiger partial charge in [-0.1, -0.05) is 0 Å². The zero-order valence-electron chi connectivity index (χ0n) is 6.67. The van der Waals surface area contributed by atoms with E-state index in [9.17, 15) is 0 Å². The Kier molecular flexibility index (Phi) is 3.06. The molecular weight excluding hydrogens is 115 g/mol. The first kappa shape index (κ1) is 7.92. The maximum absolute atomic E-state index is 2.24. The Hall–Kier alpha value is -0.183. The van der Waals surface area contributed by atoms with Crippen LogP contribution in [0.4, 0.5) is 0 Å². The summed E-state index contributed by atoms with van der Waals surface area (Å²) in [6.45, 7) is 2.24. The molecule has 0 aromatic heterocycles. The van der Waals surface area contributed by atoms with Crippen molar-refractivity contribution < 1.29 is 0 Å². The molecule has 1 aromatic rings. The Balaban J connectivity index is 2.59. The summed E-state index contributed by atoms with van der Waals surface area (Å²) in [7, 11) is 0. The van der Waals surface area contributed by atoms with Crippen molar-refractivity contribution in [2.75, 3.05) is 0 Å². The minimum atomic E-state index is 0.766. The Labute approximate surface area is 71.8 Å². The van der Waals surface area contributed by atoms with Crippen molar-refractivity contribution in [3.63, 3.8) is 0 Å². The molecule has 0 aliphatic heterocycles. The molecule has 0 bridgehead atoms. The molecule has 0 spiro atoms. The monoisotopic (exact) mass is 126 g/mol. The topological polar surface area (TPSA) is 0 Å². The van der Waals surface area contributed by atoms with Crippen LogP contribution in [0.1, 0.15) is 12.5 Å². The average molecular weight is 126 g/mol. The van der Waals surface area contributed by atoms with E-state index in [2.05, 4.69) is 55.0 Å². The van der Waals surface area contributed by atoms with Crippen LogP contribution in [0, 0.1) is 0 Å². The van der Waals surface area contributed by atoms with E-state index < -0.39 is 0 Å². The van der Waals surface area contributed by atoms with Gasteiger partial charge in [-0.2, -0.15) is 0 Å². The first-order valence-electron chi connectivity index (χ1n) is 3.83. The number of hydrogen-bond acceptors (Lipinski definition) is 0. The number of rotatable bonds is 2. The fourth-order valence-corrected chi connectivity index (χ4v) is 1.09. The average Bonchev–Trinajstić information content (AvgIpc) is 1.88. The summed E-state index contributed by atoms with van der Waals surface area (Å²) in [6.07, 6.45) is 1.20. The van der Waals surface area contributed by atoms with Crippen molar-refractivity contribution in [3.05, 3.63) is 35.9 Å². The van der Waals surface area contributed by atoms with Crippen molar-refractivity contribution in [1.29, 1.82) is 0 Å². The summed E-state index contributed by atoms with van der Waals surface area (Å²) >= 11 is 2.24. The molecule has 0 aliphatic rings. The van der Waals surface area contributed by atoms with Gasteiger partial charge in [-0.05, 0) is 0 Å². The van der Waals surface area contributed by atoms with E-state index in [0.717, 1.165) is 4.59 Å². The van der Waals surface area contributed by atoms with Crippen molar-refractivity contribution in [2.24, 2.45) is 0 Å². The molecule has 0 aliphatic carbocycles. The second-order valence-electron chi connectivity index (χ2n) is 3.08. The first-order valence-corrected chi connectivity index (χ1v) is 3.83. The number of benzene rings is 1. The third kappa shape index (κ3) is 2.60. The normalized spacial score (nSPS) is 13.1.